The van der Waals surface area contributed by atoms with Gasteiger partial charge in [0.25, 0.3) is 5.91 Å². The van der Waals surface area contributed by atoms with Crippen LogP contribution in [0.2, 0.25) is 0 Å². The van der Waals surface area contributed by atoms with Crippen LogP contribution in [0.1, 0.15) is 17.3 Å². The first-order valence-corrected chi connectivity index (χ1v) is 6.32. The third kappa shape index (κ3) is 4.55. The Morgan fingerprint density at radius 1 is 1.25 bits per heavy atom. The topological polar surface area (TPSA) is 76.1 Å². The Bertz CT molecular complexity index is 461. The van der Waals surface area contributed by atoms with Gasteiger partial charge in [-0.05, 0) is 19.1 Å². The van der Waals surface area contributed by atoms with E-state index in [1.165, 1.54) is 4.90 Å². The molecule has 0 aliphatic heterocycles. The van der Waals surface area contributed by atoms with Gasteiger partial charge in [-0.15, -0.1) is 0 Å². The molecule has 0 aliphatic carbocycles. The molecular formula is C14H19NO5. The molecule has 0 radical (unpaired) electrons. The normalized spacial score (nSPS) is 10.1. The lowest BCUT2D eigenvalue weighted by atomic mass is 10.1. The SMILES string of the molecule is CCN(CC(=O)O)C(=O)c1ccccc1OCCOC. The average Bonchev–Trinajstić information content (AvgIpc) is 2.44. The number of hydrogen-bond acceptors (Lipinski definition) is 4. The molecule has 0 unspecified atom stereocenters. The van der Waals surface area contributed by atoms with Crippen molar-refractivity contribution in [3.63, 3.8) is 0 Å². The van der Waals surface area contributed by atoms with E-state index in [-0.39, 0.29) is 12.5 Å². The molecule has 0 atom stereocenters. The Balaban J connectivity index is 2.87. The first kappa shape index (κ1) is 16.0. The monoisotopic (exact) mass is 281 g/mol. The predicted octanol–water partition coefficient (Wildman–Crippen LogP) is 1.26. The predicted molar refractivity (Wildman–Crippen MR) is 73.0 cm³/mol. The van der Waals surface area contributed by atoms with Crippen molar-refractivity contribution in [1.82, 2.24) is 4.90 Å². The van der Waals surface area contributed by atoms with Crippen LogP contribution in [0.4, 0.5) is 0 Å². The molecular weight excluding hydrogens is 262 g/mol. The maximum atomic E-state index is 12.3. The van der Waals surface area contributed by atoms with Crippen LogP contribution >= 0.6 is 0 Å². The van der Waals surface area contributed by atoms with Gasteiger partial charge in [0.2, 0.25) is 0 Å². The molecule has 0 aromatic heterocycles. The minimum Gasteiger partial charge on any atom is -0.490 e. The highest BCUT2D eigenvalue weighted by Crippen LogP contribution is 2.19. The Hall–Kier alpha value is -2.08. The van der Waals surface area contributed by atoms with Gasteiger partial charge in [-0.3, -0.25) is 9.59 Å². The third-order valence-corrected chi connectivity index (χ3v) is 2.66. The molecule has 0 fully saturated rings. The van der Waals surface area contributed by atoms with Gasteiger partial charge in [-0.2, -0.15) is 0 Å². The number of carbonyl (C=O) groups is 2. The van der Waals surface area contributed by atoms with Crippen LogP contribution in [-0.4, -0.2) is 55.3 Å². The van der Waals surface area contributed by atoms with E-state index in [1.807, 2.05) is 0 Å². The second-order valence-electron chi connectivity index (χ2n) is 4.05. The number of rotatable bonds is 8. The summed E-state index contributed by atoms with van der Waals surface area (Å²) in [6.07, 6.45) is 0. The minimum atomic E-state index is -1.04. The number of nitrogens with zero attached hydrogens (tertiary/aromatic N) is 1. The molecule has 0 saturated carbocycles. The second kappa shape index (κ2) is 8.16. The van der Waals surface area contributed by atoms with Crippen LogP contribution in [0.25, 0.3) is 0 Å². The van der Waals surface area contributed by atoms with Gasteiger partial charge in [0, 0.05) is 13.7 Å². The molecule has 0 heterocycles. The van der Waals surface area contributed by atoms with Gasteiger partial charge >= 0.3 is 5.97 Å². The summed E-state index contributed by atoms with van der Waals surface area (Å²) in [5.41, 5.74) is 0.353. The third-order valence-electron chi connectivity index (χ3n) is 2.66. The van der Waals surface area contributed by atoms with Crippen molar-refractivity contribution >= 4 is 11.9 Å². The molecule has 0 aliphatic rings. The summed E-state index contributed by atoms with van der Waals surface area (Å²) >= 11 is 0. The number of ether oxygens (including phenoxy) is 2. The first-order valence-electron chi connectivity index (χ1n) is 6.32. The van der Waals surface area contributed by atoms with Crippen molar-refractivity contribution in [3.8, 4) is 5.75 Å². The van der Waals surface area contributed by atoms with Gasteiger partial charge in [-0.25, -0.2) is 0 Å². The number of aliphatic carboxylic acids is 1. The van der Waals surface area contributed by atoms with E-state index in [0.717, 1.165) is 0 Å². The van der Waals surface area contributed by atoms with E-state index < -0.39 is 5.97 Å². The van der Waals surface area contributed by atoms with E-state index in [9.17, 15) is 9.59 Å². The highest BCUT2D eigenvalue weighted by atomic mass is 16.5. The molecule has 20 heavy (non-hydrogen) atoms. The van der Waals surface area contributed by atoms with Gasteiger partial charge in [0.15, 0.2) is 0 Å². The van der Waals surface area contributed by atoms with Crippen molar-refractivity contribution in [2.45, 2.75) is 6.92 Å². The molecule has 110 valence electrons. The lowest BCUT2D eigenvalue weighted by Gasteiger charge is -2.20. The fourth-order valence-corrected chi connectivity index (χ4v) is 1.66. The molecule has 0 spiro atoms. The smallest absolute Gasteiger partial charge is 0.323 e. The number of methoxy groups -OCH3 is 1. The van der Waals surface area contributed by atoms with E-state index >= 15 is 0 Å². The zero-order chi connectivity index (χ0) is 15.0. The second-order valence-corrected chi connectivity index (χ2v) is 4.05. The first-order chi connectivity index (χ1) is 9.60. The van der Waals surface area contributed by atoms with E-state index in [2.05, 4.69) is 0 Å². The summed E-state index contributed by atoms with van der Waals surface area (Å²) in [4.78, 5) is 24.3. The average molecular weight is 281 g/mol. The number of likely N-dealkylation sites (N-methyl/N-ethyl adjacent to an activating group) is 1. The van der Waals surface area contributed by atoms with Crippen LogP contribution < -0.4 is 4.74 Å². The number of carboxylic acid groups (broad SMARTS) is 1. The lowest BCUT2D eigenvalue weighted by molar-refractivity contribution is -0.137. The zero-order valence-electron chi connectivity index (χ0n) is 11.7. The minimum absolute atomic E-state index is 0.317. The van der Waals surface area contributed by atoms with Gasteiger partial charge < -0.3 is 19.5 Å². The Kier molecular flexibility index (Phi) is 6.52. The van der Waals surface area contributed by atoms with Crippen molar-refractivity contribution in [3.05, 3.63) is 29.8 Å². The Morgan fingerprint density at radius 2 is 1.95 bits per heavy atom. The largest absolute Gasteiger partial charge is 0.490 e. The quantitative estimate of drug-likeness (QED) is 0.726. The summed E-state index contributed by atoms with van der Waals surface area (Å²) in [7, 11) is 1.56. The van der Waals surface area contributed by atoms with Gasteiger partial charge in [0.1, 0.15) is 18.9 Å². The van der Waals surface area contributed by atoms with E-state index in [0.29, 0.717) is 31.1 Å². The standard InChI is InChI=1S/C14H19NO5/c1-3-15(10-13(16)17)14(18)11-6-4-5-7-12(11)20-9-8-19-2/h4-7H,3,8-10H2,1-2H3,(H,16,17). The summed E-state index contributed by atoms with van der Waals surface area (Å²) in [5, 5.41) is 8.81. The Morgan fingerprint density at radius 3 is 2.55 bits per heavy atom. The summed E-state index contributed by atoms with van der Waals surface area (Å²) < 4.78 is 10.4. The van der Waals surface area contributed by atoms with Crippen molar-refractivity contribution in [2.24, 2.45) is 0 Å². The highest BCUT2D eigenvalue weighted by molar-refractivity contribution is 5.98. The zero-order valence-corrected chi connectivity index (χ0v) is 11.7. The molecule has 6 heteroatoms. The Labute approximate surface area is 117 Å². The van der Waals surface area contributed by atoms with E-state index in [4.69, 9.17) is 14.6 Å². The molecule has 1 aromatic carbocycles. The maximum Gasteiger partial charge on any atom is 0.323 e. The number of hydrogen-bond donors (Lipinski definition) is 1. The van der Waals surface area contributed by atoms with Crippen LogP contribution in [0.3, 0.4) is 0 Å². The molecule has 1 N–H and O–H groups in total. The van der Waals surface area contributed by atoms with Gasteiger partial charge in [-0.1, -0.05) is 12.1 Å². The number of carboxylic acids is 1. The van der Waals surface area contributed by atoms with Crippen molar-refractivity contribution in [1.29, 1.82) is 0 Å². The molecule has 1 rings (SSSR count). The molecule has 0 saturated heterocycles. The summed E-state index contributed by atoms with van der Waals surface area (Å²) in [6.45, 7) is 2.45. The van der Waals surface area contributed by atoms with Crippen LogP contribution in [0, 0.1) is 0 Å². The number of amides is 1. The number of para-hydroxylation sites is 1. The molecule has 0 bridgehead atoms. The van der Waals surface area contributed by atoms with Gasteiger partial charge in [0.05, 0.1) is 12.2 Å². The maximum absolute atomic E-state index is 12.3. The molecule has 1 amide bonds. The number of benzene rings is 1. The number of carbonyl (C=O) groups excluding carboxylic acids is 1. The fourth-order valence-electron chi connectivity index (χ4n) is 1.66. The van der Waals surface area contributed by atoms with E-state index in [1.54, 1.807) is 38.3 Å². The van der Waals surface area contributed by atoms with Crippen LogP contribution in [0.5, 0.6) is 5.75 Å². The molecule has 6 nitrogen and oxygen atoms in total. The lowest BCUT2D eigenvalue weighted by Crippen LogP contribution is -2.35. The van der Waals surface area contributed by atoms with Crippen molar-refractivity contribution < 1.29 is 24.2 Å². The van der Waals surface area contributed by atoms with Crippen LogP contribution in [-0.2, 0) is 9.53 Å². The molecule has 1 aromatic rings. The summed E-state index contributed by atoms with van der Waals surface area (Å²) in [5.74, 6) is -0.973. The summed E-state index contributed by atoms with van der Waals surface area (Å²) in [6, 6.07) is 6.77. The van der Waals surface area contributed by atoms with Crippen molar-refractivity contribution in [2.75, 3.05) is 33.4 Å². The van der Waals surface area contributed by atoms with Crippen LogP contribution in [0.15, 0.2) is 24.3 Å². The highest BCUT2D eigenvalue weighted by Gasteiger charge is 2.20. The fraction of sp³-hybridized carbons (Fsp3) is 0.429.